The van der Waals surface area contributed by atoms with Crippen LogP contribution in [0.5, 0.6) is 0 Å². The van der Waals surface area contributed by atoms with Crippen molar-refractivity contribution in [3.63, 3.8) is 0 Å². The number of carbonyl (C=O) groups excluding carboxylic acids is 1. The van der Waals surface area contributed by atoms with E-state index in [0.29, 0.717) is 10.6 Å². The second kappa shape index (κ2) is 6.45. The standard InChI is InChI=1S/C10H14ClN2O5P/c1-7(14)13(15)5-4-9(19(16,17)18)8-2-3-10(11)12-6-8/h2-3,6,9,15H,4-5H2,1H3,(H2,16,17,18). The number of hydroxylamine groups is 2. The number of hydrogen-bond acceptors (Lipinski definition) is 4. The molecular weight excluding hydrogens is 295 g/mol. The monoisotopic (exact) mass is 308 g/mol. The number of rotatable bonds is 5. The van der Waals surface area contributed by atoms with Crippen LogP contribution < -0.4 is 0 Å². The van der Waals surface area contributed by atoms with E-state index in [9.17, 15) is 24.4 Å². The van der Waals surface area contributed by atoms with Gasteiger partial charge >= 0.3 is 7.60 Å². The van der Waals surface area contributed by atoms with Crippen LogP contribution >= 0.6 is 19.2 Å². The van der Waals surface area contributed by atoms with Crippen molar-refractivity contribution < 1.29 is 24.4 Å². The van der Waals surface area contributed by atoms with Gasteiger partial charge in [0.05, 0.1) is 5.66 Å². The molecule has 106 valence electrons. The van der Waals surface area contributed by atoms with E-state index >= 15 is 0 Å². The van der Waals surface area contributed by atoms with Crippen LogP contribution in [0.25, 0.3) is 0 Å². The van der Waals surface area contributed by atoms with Crippen LogP contribution in [-0.2, 0) is 9.36 Å². The van der Waals surface area contributed by atoms with Crippen molar-refractivity contribution in [1.29, 1.82) is 0 Å². The number of pyridine rings is 1. The van der Waals surface area contributed by atoms with Gasteiger partial charge in [0.25, 0.3) is 0 Å². The van der Waals surface area contributed by atoms with E-state index in [0.717, 1.165) is 6.92 Å². The zero-order valence-corrected chi connectivity index (χ0v) is 11.8. The van der Waals surface area contributed by atoms with Gasteiger partial charge in [-0.2, -0.15) is 0 Å². The Hall–Kier alpha value is -0.980. The van der Waals surface area contributed by atoms with Crippen LogP contribution in [0.15, 0.2) is 18.3 Å². The van der Waals surface area contributed by atoms with Gasteiger partial charge in [-0.1, -0.05) is 17.7 Å². The summed E-state index contributed by atoms with van der Waals surface area (Å²) >= 11 is 5.60. The molecule has 1 amide bonds. The molecule has 1 unspecified atom stereocenters. The van der Waals surface area contributed by atoms with E-state index in [1.54, 1.807) is 0 Å². The predicted octanol–water partition coefficient (Wildman–Crippen LogP) is 1.58. The Kier molecular flexibility index (Phi) is 5.46. The Bertz CT molecular complexity index is 489. The fourth-order valence-electron chi connectivity index (χ4n) is 1.52. The topological polar surface area (TPSA) is 111 Å². The van der Waals surface area contributed by atoms with Crippen molar-refractivity contribution in [2.75, 3.05) is 6.54 Å². The molecule has 1 aromatic heterocycles. The van der Waals surface area contributed by atoms with Gasteiger partial charge < -0.3 is 9.79 Å². The fourth-order valence-corrected chi connectivity index (χ4v) is 2.62. The van der Waals surface area contributed by atoms with Gasteiger partial charge in [0, 0.05) is 19.7 Å². The van der Waals surface area contributed by atoms with Crippen LogP contribution in [0.3, 0.4) is 0 Å². The van der Waals surface area contributed by atoms with E-state index in [-0.39, 0.29) is 18.1 Å². The van der Waals surface area contributed by atoms with Gasteiger partial charge in [0.1, 0.15) is 5.15 Å². The van der Waals surface area contributed by atoms with E-state index in [1.807, 2.05) is 0 Å². The normalized spacial score (nSPS) is 13.1. The maximum atomic E-state index is 11.4. The Balaban J connectivity index is 2.88. The first-order valence-corrected chi connectivity index (χ1v) is 7.41. The van der Waals surface area contributed by atoms with Gasteiger partial charge in [-0.25, -0.2) is 10.0 Å². The lowest BCUT2D eigenvalue weighted by atomic mass is 10.1. The number of aromatic nitrogens is 1. The minimum Gasteiger partial charge on any atom is -0.324 e. The molecule has 0 saturated heterocycles. The second-order valence-corrected chi connectivity index (χ2v) is 6.14. The first-order chi connectivity index (χ1) is 8.71. The number of hydrogen-bond donors (Lipinski definition) is 3. The predicted molar refractivity (Wildman–Crippen MR) is 67.8 cm³/mol. The summed E-state index contributed by atoms with van der Waals surface area (Å²) in [6.45, 7) is 0.962. The van der Waals surface area contributed by atoms with Crippen LogP contribution in [0, 0.1) is 0 Å². The Morgan fingerprint density at radius 3 is 2.58 bits per heavy atom. The molecule has 1 rings (SSSR count). The minimum absolute atomic E-state index is 0.0936. The summed E-state index contributed by atoms with van der Waals surface area (Å²) in [4.78, 5) is 33.2. The van der Waals surface area contributed by atoms with E-state index < -0.39 is 19.2 Å². The highest BCUT2D eigenvalue weighted by molar-refractivity contribution is 7.52. The summed E-state index contributed by atoms with van der Waals surface area (Å²) in [5, 5.41) is 9.84. The van der Waals surface area contributed by atoms with Crippen LogP contribution in [-0.4, -0.2) is 37.5 Å². The van der Waals surface area contributed by atoms with Crippen molar-refractivity contribution in [2.45, 2.75) is 19.0 Å². The molecule has 19 heavy (non-hydrogen) atoms. The molecule has 7 nitrogen and oxygen atoms in total. The lowest BCUT2D eigenvalue weighted by Gasteiger charge is -2.21. The SMILES string of the molecule is CC(=O)N(O)CCC(c1ccc(Cl)nc1)P(=O)(O)O. The second-order valence-electron chi connectivity index (χ2n) is 3.95. The zero-order valence-electron chi connectivity index (χ0n) is 10.1. The highest BCUT2D eigenvalue weighted by Crippen LogP contribution is 2.53. The summed E-state index contributed by atoms with van der Waals surface area (Å²) < 4.78 is 11.4. The van der Waals surface area contributed by atoms with Gasteiger partial charge in [0.2, 0.25) is 5.91 Å². The highest BCUT2D eigenvalue weighted by Gasteiger charge is 2.31. The van der Waals surface area contributed by atoms with E-state index in [4.69, 9.17) is 11.6 Å². The van der Waals surface area contributed by atoms with Crippen LogP contribution in [0.4, 0.5) is 0 Å². The Labute approximate surface area is 115 Å². The highest BCUT2D eigenvalue weighted by atomic mass is 35.5. The summed E-state index contributed by atoms with van der Waals surface area (Å²) in [6, 6.07) is 2.87. The third-order valence-corrected chi connectivity index (χ3v) is 4.11. The van der Waals surface area contributed by atoms with Crippen LogP contribution in [0.2, 0.25) is 5.15 Å². The molecular formula is C10H14ClN2O5P. The Morgan fingerprint density at radius 2 is 2.16 bits per heavy atom. The molecule has 1 heterocycles. The summed E-state index contributed by atoms with van der Waals surface area (Å²) in [5.74, 6) is -0.598. The van der Waals surface area contributed by atoms with Crippen molar-refractivity contribution in [2.24, 2.45) is 0 Å². The van der Waals surface area contributed by atoms with Gasteiger partial charge in [-0.05, 0) is 18.1 Å². The molecule has 0 aromatic carbocycles. The number of carbonyl (C=O) groups is 1. The zero-order chi connectivity index (χ0) is 14.6. The number of nitrogens with zero attached hydrogens (tertiary/aromatic N) is 2. The van der Waals surface area contributed by atoms with Gasteiger partial charge in [0.15, 0.2) is 0 Å². The van der Waals surface area contributed by atoms with Crippen molar-refractivity contribution >= 4 is 25.1 Å². The average molecular weight is 309 g/mol. The van der Waals surface area contributed by atoms with E-state index in [1.165, 1.54) is 18.3 Å². The molecule has 1 aromatic rings. The molecule has 0 aliphatic rings. The largest absolute Gasteiger partial charge is 0.333 e. The summed E-state index contributed by atoms with van der Waals surface area (Å²) in [7, 11) is -4.43. The van der Waals surface area contributed by atoms with Gasteiger partial charge in [-0.15, -0.1) is 0 Å². The minimum atomic E-state index is -4.43. The Morgan fingerprint density at radius 1 is 1.53 bits per heavy atom. The maximum Gasteiger partial charge on any atom is 0.333 e. The summed E-state index contributed by atoms with van der Waals surface area (Å²) in [5.41, 5.74) is -0.846. The molecule has 0 saturated carbocycles. The smallest absolute Gasteiger partial charge is 0.324 e. The van der Waals surface area contributed by atoms with Crippen molar-refractivity contribution in [1.82, 2.24) is 10.0 Å². The molecule has 3 N–H and O–H groups in total. The van der Waals surface area contributed by atoms with Gasteiger partial charge in [-0.3, -0.25) is 14.6 Å². The van der Waals surface area contributed by atoms with Crippen molar-refractivity contribution in [3.05, 3.63) is 29.0 Å². The molecule has 0 bridgehead atoms. The third kappa shape index (κ3) is 4.89. The molecule has 0 fully saturated rings. The van der Waals surface area contributed by atoms with Crippen LogP contribution in [0.1, 0.15) is 24.6 Å². The first kappa shape index (κ1) is 16.1. The molecule has 9 heteroatoms. The molecule has 0 aliphatic heterocycles. The first-order valence-electron chi connectivity index (χ1n) is 5.35. The van der Waals surface area contributed by atoms with Crippen molar-refractivity contribution in [3.8, 4) is 0 Å². The molecule has 0 spiro atoms. The quantitative estimate of drug-likeness (QED) is 0.329. The van der Waals surface area contributed by atoms with E-state index in [2.05, 4.69) is 4.98 Å². The average Bonchev–Trinajstić information content (AvgIpc) is 2.29. The fraction of sp³-hybridized carbons (Fsp3) is 0.400. The molecule has 0 aliphatic carbocycles. The summed E-state index contributed by atoms with van der Waals surface area (Å²) in [6.07, 6.45) is 1.17. The molecule has 1 atom stereocenters. The molecule has 0 radical (unpaired) electrons. The lowest BCUT2D eigenvalue weighted by molar-refractivity contribution is -0.162. The number of halogens is 1. The third-order valence-electron chi connectivity index (χ3n) is 2.52. The number of amides is 1. The lowest BCUT2D eigenvalue weighted by Crippen LogP contribution is -2.26. The maximum absolute atomic E-state index is 11.4.